The summed E-state index contributed by atoms with van der Waals surface area (Å²) in [6.45, 7) is 1.57. The van der Waals surface area contributed by atoms with Gasteiger partial charge in [-0.05, 0) is 30.7 Å². The predicted molar refractivity (Wildman–Crippen MR) is 115 cm³/mol. The number of aliphatic hydroxyl groups excluding tert-OH is 1. The molecule has 0 amide bonds. The summed E-state index contributed by atoms with van der Waals surface area (Å²) >= 11 is 1.29. The highest BCUT2D eigenvalue weighted by Gasteiger charge is 2.19. The van der Waals surface area contributed by atoms with E-state index >= 15 is 0 Å². The van der Waals surface area contributed by atoms with Gasteiger partial charge in [0.1, 0.15) is 11.6 Å². The van der Waals surface area contributed by atoms with Gasteiger partial charge in [0.25, 0.3) is 10.0 Å². The Morgan fingerprint density at radius 2 is 1.74 bits per heavy atom. The van der Waals surface area contributed by atoms with Crippen LogP contribution in [0.5, 0.6) is 0 Å². The van der Waals surface area contributed by atoms with Crippen molar-refractivity contribution < 1.29 is 22.3 Å². The van der Waals surface area contributed by atoms with Crippen LogP contribution in [0.15, 0.2) is 64.6 Å². The van der Waals surface area contributed by atoms with Gasteiger partial charge in [0.15, 0.2) is 16.8 Å². The summed E-state index contributed by atoms with van der Waals surface area (Å²) in [5, 5.41) is 12.5. The minimum atomic E-state index is -4.22. The minimum Gasteiger partial charge on any atom is -0.394 e. The van der Waals surface area contributed by atoms with Crippen LogP contribution in [0.3, 0.4) is 0 Å². The normalized spacial score (nSPS) is 12.4. The van der Waals surface area contributed by atoms with Crippen LogP contribution in [-0.2, 0) is 15.8 Å². The Labute approximate surface area is 183 Å². The number of benzene rings is 2. The molecule has 0 spiro atoms. The van der Waals surface area contributed by atoms with Gasteiger partial charge in [0, 0.05) is 17.9 Å². The van der Waals surface area contributed by atoms with Crippen LogP contribution < -0.4 is 10.0 Å². The molecule has 164 valence electrons. The highest BCUT2D eigenvalue weighted by Crippen LogP contribution is 2.25. The number of hydrogen-bond acceptors (Lipinski definition) is 7. The van der Waals surface area contributed by atoms with Gasteiger partial charge in [-0.3, -0.25) is 4.72 Å². The van der Waals surface area contributed by atoms with Crippen molar-refractivity contribution in [1.29, 1.82) is 0 Å². The van der Waals surface area contributed by atoms with Crippen molar-refractivity contribution in [3.8, 4) is 0 Å². The summed E-state index contributed by atoms with van der Waals surface area (Å²) in [5.74, 6) is -1.62. The molecule has 1 aromatic heterocycles. The van der Waals surface area contributed by atoms with Gasteiger partial charge in [0.2, 0.25) is 0 Å². The van der Waals surface area contributed by atoms with Crippen molar-refractivity contribution in [2.75, 3.05) is 16.6 Å². The molecule has 0 bridgehead atoms. The second-order valence-electron chi connectivity index (χ2n) is 6.60. The first-order chi connectivity index (χ1) is 14.8. The lowest BCUT2D eigenvalue weighted by Crippen LogP contribution is -2.21. The van der Waals surface area contributed by atoms with Gasteiger partial charge in [0.05, 0.1) is 11.5 Å². The largest absolute Gasteiger partial charge is 0.394 e. The molecule has 0 fully saturated rings. The number of halogens is 2. The van der Waals surface area contributed by atoms with Crippen molar-refractivity contribution in [3.05, 3.63) is 71.8 Å². The second kappa shape index (κ2) is 10.0. The first kappa shape index (κ1) is 22.9. The maximum absolute atomic E-state index is 13.5. The van der Waals surface area contributed by atoms with Gasteiger partial charge in [-0.25, -0.2) is 27.2 Å². The highest BCUT2D eigenvalue weighted by molar-refractivity contribution is 7.98. The van der Waals surface area contributed by atoms with E-state index in [1.807, 2.05) is 30.3 Å². The predicted octanol–water partition coefficient (Wildman–Crippen LogP) is 3.64. The van der Waals surface area contributed by atoms with Crippen molar-refractivity contribution in [2.24, 2.45) is 0 Å². The summed E-state index contributed by atoms with van der Waals surface area (Å²) < 4.78 is 54.2. The van der Waals surface area contributed by atoms with Crippen molar-refractivity contribution >= 4 is 33.4 Å². The molecule has 0 aliphatic carbocycles. The first-order valence-electron chi connectivity index (χ1n) is 9.18. The van der Waals surface area contributed by atoms with Crippen LogP contribution in [0.2, 0.25) is 0 Å². The molecule has 0 saturated carbocycles. The minimum absolute atomic E-state index is 0.0528. The SMILES string of the molecule is C[C@H](CO)Nc1cc(NS(=O)(=O)c2ccc(F)c(F)c2)nc(SCc2ccccc2)n1. The summed E-state index contributed by atoms with van der Waals surface area (Å²) in [4.78, 5) is 8.13. The molecule has 3 N–H and O–H groups in total. The van der Waals surface area contributed by atoms with Crippen LogP contribution in [0.25, 0.3) is 0 Å². The average molecular weight is 467 g/mol. The molecular weight excluding hydrogens is 446 g/mol. The van der Waals surface area contributed by atoms with Gasteiger partial charge >= 0.3 is 0 Å². The topological polar surface area (TPSA) is 104 Å². The van der Waals surface area contributed by atoms with E-state index in [2.05, 4.69) is 20.0 Å². The summed E-state index contributed by atoms with van der Waals surface area (Å²) in [5.41, 5.74) is 1.03. The van der Waals surface area contributed by atoms with Crippen molar-refractivity contribution in [2.45, 2.75) is 28.8 Å². The van der Waals surface area contributed by atoms with E-state index in [0.717, 1.165) is 17.7 Å². The Balaban J connectivity index is 1.88. The Kier molecular flexibility index (Phi) is 7.42. The second-order valence-corrected chi connectivity index (χ2v) is 9.23. The maximum atomic E-state index is 13.5. The van der Waals surface area contributed by atoms with Crippen molar-refractivity contribution in [3.63, 3.8) is 0 Å². The number of anilines is 2. The molecule has 31 heavy (non-hydrogen) atoms. The maximum Gasteiger partial charge on any atom is 0.263 e. The van der Waals surface area contributed by atoms with Crippen LogP contribution in [-0.4, -0.2) is 36.1 Å². The molecular formula is C20H20F2N4O3S2. The molecule has 1 heterocycles. The van der Waals surface area contributed by atoms with Gasteiger partial charge < -0.3 is 10.4 Å². The van der Waals surface area contributed by atoms with Crippen LogP contribution >= 0.6 is 11.8 Å². The fourth-order valence-electron chi connectivity index (χ4n) is 2.48. The smallest absolute Gasteiger partial charge is 0.263 e. The zero-order chi connectivity index (χ0) is 22.4. The van der Waals surface area contributed by atoms with Crippen LogP contribution in [0.1, 0.15) is 12.5 Å². The number of rotatable bonds is 9. The summed E-state index contributed by atoms with van der Waals surface area (Å²) in [7, 11) is -4.22. The molecule has 0 unspecified atom stereocenters. The number of nitrogens with zero attached hydrogens (tertiary/aromatic N) is 2. The number of aromatic nitrogens is 2. The van der Waals surface area contributed by atoms with E-state index < -0.39 is 26.6 Å². The number of nitrogens with one attached hydrogen (secondary N) is 2. The summed E-state index contributed by atoms with van der Waals surface area (Å²) in [6, 6.07) is 12.9. The zero-order valence-electron chi connectivity index (χ0n) is 16.4. The van der Waals surface area contributed by atoms with Gasteiger partial charge in [-0.1, -0.05) is 42.1 Å². The molecule has 3 aromatic rings. The molecule has 0 radical (unpaired) electrons. The van der Waals surface area contributed by atoms with E-state index in [0.29, 0.717) is 22.8 Å². The monoisotopic (exact) mass is 466 g/mol. The van der Waals surface area contributed by atoms with Crippen LogP contribution in [0, 0.1) is 11.6 Å². The lowest BCUT2D eigenvalue weighted by atomic mass is 10.2. The third kappa shape index (κ3) is 6.36. The first-order valence-corrected chi connectivity index (χ1v) is 11.6. The Morgan fingerprint density at radius 3 is 2.42 bits per heavy atom. The molecule has 7 nitrogen and oxygen atoms in total. The third-order valence-corrected chi connectivity index (χ3v) is 6.30. The molecule has 3 rings (SSSR count). The average Bonchev–Trinajstić information content (AvgIpc) is 2.74. The van der Waals surface area contributed by atoms with E-state index in [-0.39, 0.29) is 18.5 Å². The fourth-order valence-corrected chi connectivity index (χ4v) is 4.29. The third-order valence-electron chi connectivity index (χ3n) is 4.02. The zero-order valence-corrected chi connectivity index (χ0v) is 18.1. The highest BCUT2D eigenvalue weighted by atomic mass is 32.2. The van der Waals surface area contributed by atoms with E-state index in [1.165, 1.54) is 17.8 Å². The van der Waals surface area contributed by atoms with Crippen molar-refractivity contribution in [1.82, 2.24) is 9.97 Å². The number of aliphatic hydroxyl groups is 1. The standard InChI is InChI=1S/C20H20F2N4O3S2/c1-13(11-27)23-18-10-19(25-20(24-18)30-12-14-5-3-2-4-6-14)26-31(28,29)15-7-8-16(21)17(22)9-15/h2-10,13,27H,11-12H2,1H3,(H2,23,24,25,26)/t13-/m1/s1. The molecule has 1 atom stereocenters. The number of hydrogen-bond donors (Lipinski definition) is 3. The summed E-state index contributed by atoms with van der Waals surface area (Å²) in [6.07, 6.45) is 0. The Morgan fingerprint density at radius 1 is 1.03 bits per heavy atom. The lowest BCUT2D eigenvalue weighted by Gasteiger charge is -2.14. The van der Waals surface area contributed by atoms with Gasteiger partial charge in [-0.2, -0.15) is 0 Å². The molecule has 11 heteroatoms. The number of thioether (sulfide) groups is 1. The molecule has 0 saturated heterocycles. The number of sulfonamides is 1. The fraction of sp³-hybridized carbons (Fsp3) is 0.200. The van der Waals surface area contributed by atoms with E-state index in [4.69, 9.17) is 0 Å². The molecule has 2 aromatic carbocycles. The quantitative estimate of drug-likeness (QED) is 0.327. The van der Waals surface area contributed by atoms with Gasteiger partial charge in [-0.15, -0.1) is 0 Å². The Bertz CT molecular complexity index is 1150. The molecule has 0 aliphatic rings. The Hall–Kier alpha value is -2.76. The lowest BCUT2D eigenvalue weighted by molar-refractivity contribution is 0.281. The molecule has 0 aliphatic heterocycles. The van der Waals surface area contributed by atoms with E-state index in [9.17, 15) is 22.3 Å². The van der Waals surface area contributed by atoms with E-state index in [1.54, 1.807) is 6.92 Å². The van der Waals surface area contributed by atoms with Crippen LogP contribution in [0.4, 0.5) is 20.4 Å².